The number of hydrogen-bond acceptors (Lipinski definition) is 26. The lowest BCUT2D eigenvalue weighted by Crippen LogP contribution is -2.70. The van der Waals surface area contributed by atoms with Crippen LogP contribution in [0.5, 0.6) is 0 Å². The second-order valence-corrected chi connectivity index (χ2v) is 15.5. The van der Waals surface area contributed by atoms with E-state index in [1.807, 2.05) is 0 Å². The summed E-state index contributed by atoms with van der Waals surface area (Å²) in [5.41, 5.74) is 0. The van der Waals surface area contributed by atoms with Crippen molar-refractivity contribution in [3.8, 4) is 0 Å². The van der Waals surface area contributed by atoms with E-state index in [2.05, 4.69) is 10.6 Å². The third kappa shape index (κ3) is 11.0. The molecule has 0 aromatic carbocycles. The van der Waals surface area contributed by atoms with Gasteiger partial charge < -0.3 is 130 Å². The Morgan fingerprint density at radius 3 is 1.35 bits per heavy atom. The summed E-state index contributed by atoms with van der Waals surface area (Å²) in [6.45, 7) is -2.31. The van der Waals surface area contributed by atoms with E-state index in [-0.39, 0.29) is 0 Å². The number of aliphatic hydroxyl groups excluding tert-OH is 15. The summed E-state index contributed by atoms with van der Waals surface area (Å²) < 4.78 is 50.8. The number of amides is 2. The highest BCUT2D eigenvalue weighted by molar-refractivity contribution is 5.73. The molecule has 17 N–H and O–H groups in total. The Balaban J connectivity index is 1.41. The van der Waals surface area contributed by atoms with Crippen LogP contribution in [0.25, 0.3) is 0 Å². The maximum absolute atomic E-state index is 12.4. The zero-order chi connectivity index (χ0) is 45.9. The van der Waals surface area contributed by atoms with E-state index in [0.29, 0.717) is 0 Å². The molecule has 28 heteroatoms. The molecule has 5 aliphatic rings. The predicted octanol–water partition coefficient (Wildman–Crippen LogP) is -11.6. The van der Waals surface area contributed by atoms with Crippen LogP contribution < -0.4 is 10.6 Å². The largest absolute Gasteiger partial charge is 0.394 e. The van der Waals surface area contributed by atoms with Crippen molar-refractivity contribution < 1.29 is 129 Å². The normalized spacial score (nSPS) is 49.0. The molecule has 25 atom stereocenters. The minimum Gasteiger partial charge on any atom is -0.394 e. The molecular weight excluding hydrogens is 852 g/mol. The highest BCUT2D eigenvalue weighted by atomic mass is 16.8. The van der Waals surface area contributed by atoms with Gasteiger partial charge in [-0.25, -0.2) is 0 Å². The minimum atomic E-state index is -2.18. The second-order valence-electron chi connectivity index (χ2n) is 15.5. The number of aliphatic hydroxyl groups is 15. The smallest absolute Gasteiger partial charge is 0.217 e. The minimum absolute atomic E-state index is 0.693. The topological polar surface area (TPSA) is 445 Å². The highest BCUT2D eigenvalue weighted by Gasteiger charge is 2.56. The average Bonchev–Trinajstić information content (AvgIpc) is 3.23. The van der Waals surface area contributed by atoms with Crippen LogP contribution in [0.2, 0.25) is 0 Å². The van der Waals surface area contributed by atoms with Gasteiger partial charge in [0.25, 0.3) is 0 Å². The number of nitrogens with one attached hydrogen (secondary N) is 2. The maximum Gasteiger partial charge on any atom is 0.217 e. The maximum atomic E-state index is 12.4. The Morgan fingerprint density at radius 2 is 0.823 bits per heavy atom. The number of carbonyl (C=O) groups is 2. The summed E-state index contributed by atoms with van der Waals surface area (Å²) in [5, 5.41) is 163. The third-order valence-electron chi connectivity index (χ3n) is 11.1. The summed E-state index contributed by atoms with van der Waals surface area (Å²) in [6, 6.07) is -3.19. The van der Waals surface area contributed by atoms with E-state index in [9.17, 15) is 86.2 Å². The summed E-state index contributed by atoms with van der Waals surface area (Å²) >= 11 is 0. The van der Waals surface area contributed by atoms with Gasteiger partial charge in [0.2, 0.25) is 11.8 Å². The van der Waals surface area contributed by atoms with E-state index in [1.54, 1.807) is 0 Å². The summed E-state index contributed by atoms with van der Waals surface area (Å²) in [5.74, 6) is -1.49. The molecule has 360 valence electrons. The van der Waals surface area contributed by atoms with E-state index in [1.165, 1.54) is 0 Å². The number of carbonyl (C=O) groups excluding carboxylic acids is 2. The monoisotopic (exact) mass is 910 g/mol. The molecule has 5 fully saturated rings. The molecule has 5 rings (SSSR count). The van der Waals surface area contributed by atoms with Crippen molar-refractivity contribution in [2.75, 3.05) is 33.0 Å². The highest BCUT2D eigenvalue weighted by Crippen LogP contribution is 2.35. The van der Waals surface area contributed by atoms with Crippen LogP contribution in [0.4, 0.5) is 0 Å². The van der Waals surface area contributed by atoms with Gasteiger partial charge in [-0.1, -0.05) is 0 Å². The molecule has 0 saturated carbocycles. The predicted molar refractivity (Wildman–Crippen MR) is 190 cm³/mol. The van der Waals surface area contributed by atoms with Crippen molar-refractivity contribution in [1.82, 2.24) is 10.6 Å². The molecule has 2 amide bonds. The fraction of sp³-hybridized carbons (Fsp3) is 0.941. The summed E-state index contributed by atoms with van der Waals surface area (Å²) in [6.07, 6.45) is -42.3. The van der Waals surface area contributed by atoms with Gasteiger partial charge in [0, 0.05) is 13.8 Å². The van der Waals surface area contributed by atoms with Gasteiger partial charge in [0.05, 0.1) is 33.0 Å². The number of ether oxygens (including phenoxy) is 9. The Kier molecular flexibility index (Phi) is 18.1. The molecule has 0 bridgehead atoms. The van der Waals surface area contributed by atoms with E-state index >= 15 is 0 Å². The van der Waals surface area contributed by atoms with Crippen LogP contribution >= 0.6 is 0 Å². The van der Waals surface area contributed by atoms with Gasteiger partial charge in [0.15, 0.2) is 31.5 Å². The Bertz CT molecular complexity index is 1440. The van der Waals surface area contributed by atoms with Crippen molar-refractivity contribution in [3.63, 3.8) is 0 Å². The number of hydrogen-bond donors (Lipinski definition) is 17. The lowest BCUT2D eigenvalue weighted by Gasteiger charge is -2.50. The van der Waals surface area contributed by atoms with Crippen molar-refractivity contribution in [3.05, 3.63) is 0 Å². The Hall–Kier alpha value is -2.02. The van der Waals surface area contributed by atoms with Crippen LogP contribution in [0.1, 0.15) is 13.8 Å². The van der Waals surface area contributed by atoms with Crippen LogP contribution in [0, 0.1) is 0 Å². The molecule has 5 aliphatic heterocycles. The van der Waals surface area contributed by atoms with Gasteiger partial charge in [-0.3, -0.25) is 9.59 Å². The van der Waals surface area contributed by atoms with E-state index in [0.717, 1.165) is 13.8 Å². The van der Waals surface area contributed by atoms with Crippen molar-refractivity contribution in [2.45, 2.75) is 167 Å². The van der Waals surface area contributed by atoms with Crippen molar-refractivity contribution in [2.24, 2.45) is 0 Å². The fourth-order valence-electron chi connectivity index (χ4n) is 7.73. The van der Waals surface area contributed by atoms with Gasteiger partial charge in [-0.2, -0.15) is 0 Å². The molecule has 62 heavy (non-hydrogen) atoms. The lowest BCUT2D eigenvalue weighted by molar-refractivity contribution is -0.384. The van der Waals surface area contributed by atoms with Crippen molar-refractivity contribution >= 4 is 11.8 Å². The fourth-order valence-corrected chi connectivity index (χ4v) is 7.73. The molecule has 11 unspecified atom stereocenters. The molecule has 0 aliphatic carbocycles. The van der Waals surface area contributed by atoms with Gasteiger partial charge in [0.1, 0.15) is 122 Å². The molecule has 5 saturated heterocycles. The van der Waals surface area contributed by atoms with Gasteiger partial charge in [-0.15, -0.1) is 0 Å². The van der Waals surface area contributed by atoms with E-state index < -0.39 is 198 Å². The quantitative estimate of drug-likeness (QED) is 0.0725. The van der Waals surface area contributed by atoms with Crippen LogP contribution in [0.15, 0.2) is 0 Å². The third-order valence-corrected chi connectivity index (χ3v) is 11.1. The van der Waals surface area contributed by atoms with Crippen LogP contribution in [0.3, 0.4) is 0 Å². The molecular formula is C34H58N2O26. The van der Waals surface area contributed by atoms with Crippen LogP contribution in [-0.2, 0) is 52.2 Å². The summed E-state index contributed by atoms with van der Waals surface area (Å²) in [7, 11) is 0. The summed E-state index contributed by atoms with van der Waals surface area (Å²) in [4.78, 5) is 24.2. The number of rotatable bonds is 15. The first-order valence-corrected chi connectivity index (χ1v) is 19.6. The average molecular weight is 911 g/mol. The first-order valence-electron chi connectivity index (χ1n) is 19.6. The molecule has 0 aromatic heterocycles. The Labute approximate surface area is 351 Å². The van der Waals surface area contributed by atoms with Crippen LogP contribution in [-0.4, -0.2) is 275 Å². The first-order chi connectivity index (χ1) is 29.3. The zero-order valence-electron chi connectivity index (χ0n) is 33.2. The molecule has 0 radical (unpaired) electrons. The van der Waals surface area contributed by atoms with Crippen molar-refractivity contribution in [1.29, 1.82) is 0 Å². The first kappa shape index (κ1) is 51.0. The van der Waals surface area contributed by atoms with E-state index in [4.69, 9.17) is 42.6 Å². The van der Waals surface area contributed by atoms with Gasteiger partial charge >= 0.3 is 0 Å². The molecule has 5 heterocycles. The zero-order valence-corrected chi connectivity index (χ0v) is 33.2. The molecule has 28 nitrogen and oxygen atoms in total. The SMILES string of the molecule is CC(=O)NC1C(O)OC(CO)[C@@H](O[C@@H]2OC(CO)[C@@H](O[C@@H]3OC(CO[C@H]4OC(CO)[C@@H](O)[C@H](O)C4O)[C@@H](O)[C@H](O[C@H]4OC(CO)[C@@H](O)[C@H](O)C4O)C3O)[C@H](O)C2NC(C)=O)[C@@H]1O. The standard InChI is InChI=1S/C34H58N2O26/c1-8(41)35-15-20(46)27(12(5-39)55-30(15)53)60-31-16(36-9(2)42)21(47)28(13(6-40)58-31)61-34-26(52)29(62-33-25(51)23(49)18(44)11(4-38)57-33)19(45)14(59-34)7-54-32-24(50)22(48)17(43)10(3-37)56-32/h10-34,37-40,43-53H,3-7H2,1-2H3,(H,35,41)(H,36,42)/t10?,11?,12?,13?,14?,15?,16?,17-,18-,19-,20-,21-,22+,23+,24?,25?,26?,27-,28-,29+,30?,31+,32+,33-,34+/m1/s1. The molecule has 0 spiro atoms. The second kappa shape index (κ2) is 22.0. The molecule has 0 aromatic rings. The lowest BCUT2D eigenvalue weighted by atomic mass is 9.94. The Morgan fingerprint density at radius 1 is 0.419 bits per heavy atom. The van der Waals surface area contributed by atoms with Gasteiger partial charge in [-0.05, 0) is 0 Å².